The number of benzene rings is 2. The van der Waals surface area contributed by atoms with Crippen LogP contribution < -0.4 is 10.5 Å². The second kappa shape index (κ2) is 8.66. The van der Waals surface area contributed by atoms with Crippen molar-refractivity contribution in [3.05, 3.63) is 58.6 Å². The molecule has 0 aliphatic carbocycles. The molecule has 1 amide bonds. The molecule has 0 bridgehead atoms. The van der Waals surface area contributed by atoms with E-state index in [1.165, 1.54) is 0 Å². The summed E-state index contributed by atoms with van der Waals surface area (Å²) in [6, 6.07) is 14.5. The molecule has 0 aromatic heterocycles. The standard InChI is InChI=1S/C16H17BrN2O3S2/c17-14-3-1-2-4-15(14)23-10-9-16(20)19-13-7-5-12(6-8-13)11-24(18,21)22/h1-8H,9-11H2,(H,19,20)(H2,18,21,22). The molecule has 2 aromatic carbocycles. The van der Waals surface area contributed by atoms with Crippen molar-refractivity contribution in [1.82, 2.24) is 0 Å². The highest BCUT2D eigenvalue weighted by molar-refractivity contribution is 9.10. The Morgan fingerprint density at radius 2 is 1.79 bits per heavy atom. The smallest absolute Gasteiger partial charge is 0.225 e. The average molecular weight is 429 g/mol. The Labute approximate surface area is 154 Å². The van der Waals surface area contributed by atoms with Gasteiger partial charge in [-0.05, 0) is 45.8 Å². The van der Waals surface area contributed by atoms with Crippen molar-refractivity contribution in [1.29, 1.82) is 0 Å². The molecule has 8 heteroatoms. The molecule has 0 spiro atoms. The lowest BCUT2D eigenvalue weighted by Gasteiger charge is -2.07. The number of hydrogen-bond acceptors (Lipinski definition) is 4. The minimum absolute atomic E-state index is 0.0891. The fourth-order valence-corrected chi connectivity index (χ4v) is 4.13. The number of rotatable bonds is 7. The molecule has 0 saturated heterocycles. The van der Waals surface area contributed by atoms with Crippen molar-refractivity contribution >= 4 is 49.3 Å². The van der Waals surface area contributed by atoms with E-state index < -0.39 is 10.0 Å². The van der Waals surface area contributed by atoms with Crippen LogP contribution in [0.15, 0.2) is 57.9 Å². The predicted octanol–water partition coefficient (Wildman–Crippen LogP) is 3.36. The van der Waals surface area contributed by atoms with Gasteiger partial charge in [0.15, 0.2) is 0 Å². The third-order valence-electron chi connectivity index (χ3n) is 3.03. The first-order valence-corrected chi connectivity index (χ1v) is 10.6. The zero-order chi connectivity index (χ0) is 17.6. The molecular formula is C16H17BrN2O3S2. The van der Waals surface area contributed by atoms with Crippen molar-refractivity contribution < 1.29 is 13.2 Å². The summed E-state index contributed by atoms with van der Waals surface area (Å²) in [7, 11) is -3.55. The fraction of sp³-hybridized carbons (Fsp3) is 0.188. The van der Waals surface area contributed by atoms with Crippen LogP contribution in [0.4, 0.5) is 5.69 Å². The van der Waals surface area contributed by atoms with E-state index in [0.29, 0.717) is 23.4 Å². The number of sulfonamides is 1. The second-order valence-electron chi connectivity index (χ2n) is 5.08. The highest BCUT2D eigenvalue weighted by Crippen LogP contribution is 2.27. The van der Waals surface area contributed by atoms with E-state index in [4.69, 9.17) is 5.14 Å². The normalized spacial score (nSPS) is 11.2. The lowest BCUT2D eigenvalue weighted by Crippen LogP contribution is -2.15. The van der Waals surface area contributed by atoms with E-state index in [1.54, 1.807) is 36.0 Å². The van der Waals surface area contributed by atoms with Crippen LogP contribution in [-0.2, 0) is 20.6 Å². The molecule has 0 saturated carbocycles. The first-order chi connectivity index (χ1) is 11.3. The summed E-state index contributed by atoms with van der Waals surface area (Å²) in [6.45, 7) is 0. The highest BCUT2D eigenvalue weighted by atomic mass is 79.9. The van der Waals surface area contributed by atoms with Crippen LogP contribution in [0.2, 0.25) is 0 Å². The van der Waals surface area contributed by atoms with Crippen LogP contribution in [0, 0.1) is 0 Å². The van der Waals surface area contributed by atoms with Gasteiger partial charge >= 0.3 is 0 Å². The number of primary sulfonamides is 1. The molecule has 2 aromatic rings. The molecule has 0 heterocycles. The summed E-state index contributed by atoms with van der Waals surface area (Å²) >= 11 is 5.08. The van der Waals surface area contributed by atoms with Crippen molar-refractivity contribution in [3.63, 3.8) is 0 Å². The molecule has 0 aliphatic rings. The van der Waals surface area contributed by atoms with Crippen LogP contribution in [0.5, 0.6) is 0 Å². The number of nitrogens with one attached hydrogen (secondary N) is 1. The van der Waals surface area contributed by atoms with Crippen LogP contribution in [0.1, 0.15) is 12.0 Å². The first kappa shape index (κ1) is 19.0. The van der Waals surface area contributed by atoms with Gasteiger partial charge < -0.3 is 5.32 Å². The number of thioether (sulfide) groups is 1. The van der Waals surface area contributed by atoms with Crippen LogP contribution in [0.25, 0.3) is 0 Å². The quantitative estimate of drug-likeness (QED) is 0.661. The Morgan fingerprint density at radius 3 is 2.42 bits per heavy atom. The molecular weight excluding hydrogens is 412 g/mol. The molecule has 5 nitrogen and oxygen atoms in total. The topological polar surface area (TPSA) is 89.3 Å². The Hall–Kier alpha value is -1.35. The molecule has 24 heavy (non-hydrogen) atoms. The average Bonchev–Trinajstić information content (AvgIpc) is 2.50. The van der Waals surface area contributed by atoms with Gasteiger partial charge in [0.25, 0.3) is 0 Å². The van der Waals surface area contributed by atoms with Gasteiger partial charge in [-0.15, -0.1) is 11.8 Å². The number of carbonyl (C=O) groups is 1. The van der Waals surface area contributed by atoms with Crippen LogP contribution in [0.3, 0.4) is 0 Å². The van der Waals surface area contributed by atoms with Crippen molar-refractivity contribution in [3.8, 4) is 0 Å². The van der Waals surface area contributed by atoms with E-state index in [-0.39, 0.29) is 11.7 Å². The van der Waals surface area contributed by atoms with Gasteiger partial charge in [-0.3, -0.25) is 4.79 Å². The number of carbonyl (C=O) groups excluding carboxylic acids is 1. The number of halogens is 1. The molecule has 0 fully saturated rings. The van der Waals surface area contributed by atoms with E-state index in [0.717, 1.165) is 9.37 Å². The van der Waals surface area contributed by atoms with Gasteiger partial charge in [-0.2, -0.15) is 0 Å². The molecule has 0 atom stereocenters. The number of hydrogen-bond donors (Lipinski definition) is 2. The molecule has 0 radical (unpaired) electrons. The Kier molecular flexibility index (Phi) is 6.85. The van der Waals surface area contributed by atoms with E-state index >= 15 is 0 Å². The SMILES string of the molecule is NS(=O)(=O)Cc1ccc(NC(=O)CCSc2ccccc2Br)cc1. The number of nitrogens with two attached hydrogens (primary N) is 1. The van der Waals surface area contributed by atoms with Gasteiger partial charge in [0.2, 0.25) is 15.9 Å². The monoisotopic (exact) mass is 428 g/mol. The summed E-state index contributed by atoms with van der Waals surface area (Å²) in [4.78, 5) is 13.0. The van der Waals surface area contributed by atoms with Gasteiger partial charge in [-0.25, -0.2) is 13.6 Å². The summed E-state index contributed by atoms with van der Waals surface area (Å²) < 4.78 is 23.1. The van der Waals surface area contributed by atoms with E-state index in [9.17, 15) is 13.2 Å². The molecule has 0 unspecified atom stereocenters. The predicted molar refractivity (Wildman–Crippen MR) is 101 cm³/mol. The summed E-state index contributed by atoms with van der Waals surface area (Å²) in [5, 5.41) is 7.78. The maximum atomic E-state index is 11.9. The fourth-order valence-electron chi connectivity index (χ4n) is 1.96. The zero-order valence-corrected chi connectivity index (χ0v) is 16.0. The van der Waals surface area contributed by atoms with Crippen molar-refractivity contribution in [2.45, 2.75) is 17.1 Å². The maximum absolute atomic E-state index is 11.9. The third-order valence-corrected chi connectivity index (χ3v) is 5.79. The Bertz CT molecular complexity index is 808. The third kappa shape index (κ3) is 6.64. The first-order valence-electron chi connectivity index (χ1n) is 7.10. The van der Waals surface area contributed by atoms with E-state index in [2.05, 4.69) is 21.2 Å². The van der Waals surface area contributed by atoms with E-state index in [1.807, 2.05) is 24.3 Å². The lowest BCUT2D eigenvalue weighted by molar-refractivity contribution is -0.115. The minimum Gasteiger partial charge on any atom is -0.326 e. The number of amides is 1. The lowest BCUT2D eigenvalue weighted by atomic mass is 10.2. The van der Waals surface area contributed by atoms with Gasteiger partial charge in [0.05, 0.1) is 5.75 Å². The maximum Gasteiger partial charge on any atom is 0.225 e. The minimum atomic E-state index is -3.55. The molecule has 3 N–H and O–H groups in total. The van der Waals surface area contributed by atoms with Gasteiger partial charge in [0, 0.05) is 27.2 Å². The molecule has 128 valence electrons. The van der Waals surface area contributed by atoms with Gasteiger partial charge in [-0.1, -0.05) is 24.3 Å². The second-order valence-corrected chi connectivity index (χ2v) is 8.69. The van der Waals surface area contributed by atoms with Crippen molar-refractivity contribution in [2.24, 2.45) is 5.14 Å². The van der Waals surface area contributed by atoms with Crippen LogP contribution >= 0.6 is 27.7 Å². The summed E-state index contributed by atoms with van der Waals surface area (Å²) in [6.07, 6.45) is 0.380. The zero-order valence-electron chi connectivity index (χ0n) is 12.7. The largest absolute Gasteiger partial charge is 0.326 e. The molecule has 0 aliphatic heterocycles. The molecule has 2 rings (SSSR count). The Balaban J connectivity index is 1.81. The number of anilines is 1. The van der Waals surface area contributed by atoms with Gasteiger partial charge in [0.1, 0.15) is 0 Å². The Morgan fingerprint density at radius 1 is 1.12 bits per heavy atom. The summed E-state index contributed by atoms with van der Waals surface area (Å²) in [5.74, 6) is 0.357. The van der Waals surface area contributed by atoms with Crippen LogP contribution in [-0.4, -0.2) is 20.1 Å². The van der Waals surface area contributed by atoms with Crippen molar-refractivity contribution in [2.75, 3.05) is 11.1 Å². The summed E-state index contributed by atoms with van der Waals surface area (Å²) in [5.41, 5.74) is 1.21. The highest BCUT2D eigenvalue weighted by Gasteiger charge is 2.07.